The van der Waals surface area contributed by atoms with Crippen molar-refractivity contribution in [3.63, 3.8) is 0 Å². The van der Waals surface area contributed by atoms with Crippen molar-refractivity contribution in [2.45, 2.75) is 48.5 Å². The van der Waals surface area contributed by atoms with Crippen molar-refractivity contribution in [1.82, 2.24) is 13.9 Å². The molecule has 5 aromatic rings. The molecule has 0 radical (unpaired) electrons. The zero-order valence-electron chi connectivity index (χ0n) is 24.7. The predicted octanol–water partition coefficient (Wildman–Crippen LogP) is 7.66. The van der Waals surface area contributed by atoms with Crippen molar-refractivity contribution in [1.29, 1.82) is 0 Å². The summed E-state index contributed by atoms with van der Waals surface area (Å²) in [5.41, 5.74) is 10.1. The third-order valence-corrected chi connectivity index (χ3v) is 11.5. The summed E-state index contributed by atoms with van der Waals surface area (Å²) in [6, 6.07) is 25.5. The Balaban J connectivity index is 1.22. The molecule has 0 atom stereocenters. The first-order chi connectivity index (χ1) is 22.1. The Morgan fingerprint density at radius 2 is 1.41 bits per heavy atom. The lowest BCUT2D eigenvalue weighted by Crippen LogP contribution is -2.39. The smallest absolute Gasteiger partial charge is 0.251 e. The van der Waals surface area contributed by atoms with Gasteiger partial charge < -0.3 is 10.3 Å². The van der Waals surface area contributed by atoms with Gasteiger partial charge in [0.15, 0.2) is 0 Å². The van der Waals surface area contributed by atoms with E-state index in [0.717, 1.165) is 58.5 Å². The van der Waals surface area contributed by atoms with E-state index in [0.29, 0.717) is 28.8 Å². The molecule has 1 aliphatic heterocycles. The number of piperidine rings is 1. The van der Waals surface area contributed by atoms with E-state index in [9.17, 15) is 17.6 Å². The number of hydrogen-bond donors (Lipinski definition) is 1. The lowest BCUT2D eigenvalue weighted by molar-refractivity contribution is 0.0996. The van der Waals surface area contributed by atoms with Crippen LogP contribution in [-0.2, 0) is 10.0 Å². The Bertz CT molecular complexity index is 2010. The molecule has 2 fully saturated rings. The first kappa shape index (κ1) is 30.9. The number of primary amides is 1. The van der Waals surface area contributed by atoms with Crippen LogP contribution in [0.15, 0.2) is 89.8 Å². The lowest BCUT2D eigenvalue weighted by atomic mass is 9.85. The third-order valence-electron chi connectivity index (χ3n) is 9.06. The van der Waals surface area contributed by atoms with Gasteiger partial charge in [-0.05, 0) is 97.0 Å². The Morgan fingerprint density at radius 3 is 1.96 bits per heavy atom. The summed E-state index contributed by atoms with van der Waals surface area (Å²) >= 11 is 12.5. The van der Waals surface area contributed by atoms with Crippen LogP contribution in [0.4, 0.5) is 4.39 Å². The number of fused-ring (bicyclic) bond motifs is 1. The predicted molar refractivity (Wildman–Crippen MR) is 178 cm³/mol. The van der Waals surface area contributed by atoms with Crippen molar-refractivity contribution in [3.8, 4) is 0 Å². The highest BCUT2D eigenvalue weighted by Crippen LogP contribution is 2.44. The second-order valence-electron chi connectivity index (χ2n) is 12.0. The second-order valence-corrected chi connectivity index (χ2v) is 14.9. The molecule has 1 saturated heterocycles. The average Bonchev–Trinajstić information content (AvgIpc) is 3.83. The zero-order chi connectivity index (χ0) is 32.2. The van der Waals surface area contributed by atoms with Gasteiger partial charge in [0.2, 0.25) is 10.0 Å². The maximum absolute atomic E-state index is 14.5. The largest absolute Gasteiger partial charge is 0.366 e. The molecule has 2 aliphatic rings. The minimum absolute atomic E-state index is 0.0424. The average molecular weight is 678 g/mol. The lowest BCUT2D eigenvalue weighted by Gasteiger charge is -2.33. The van der Waals surface area contributed by atoms with Gasteiger partial charge in [0.1, 0.15) is 11.6 Å². The van der Waals surface area contributed by atoms with E-state index >= 15 is 0 Å². The van der Waals surface area contributed by atoms with Crippen molar-refractivity contribution < 1.29 is 17.6 Å². The van der Waals surface area contributed by atoms with Crippen LogP contribution in [0.25, 0.3) is 11.0 Å². The standard InChI is InChI=1S/C35H31Cl2FN4O3S/c36-25-8-3-21(4-9-25)33(22-5-10-26(37)11-6-22)24-7-14-31-32(19-24)42(35(40-31)23-1-2-23)27-15-17-41(18-16-27)46(44,45)28-12-13-29(34(39)43)30(38)20-28/h3-14,19-20,23,27,33H,1-2,15-18H2,(H2,39,43). The van der Waals surface area contributed by atoms with Gasteiger partial charge in [0, 0.05) is 41.0 Å². The summed E-state index contributed by atoms with van der Waals surface area (Å²) in [6.07, 6.45) is 3.31. The van der Waals surface area contributed by atoms with E-state index in [-0.39, 0.29) is 35.5 Å². The van der Waals surface area contributed by atoms with E-state index < -0.39 is 21.7 Å². The number of benzene rings is 4. The maximum atomic E-state index is 14.5. The molecular weight excluding hydrogens is 646 g/mol. The fraction of sp³-hybridized carbons (Fsp3) is 0.257. The Hall–Kier alpha value is -3.76. The van der Waals surface area contributed by atoms with Crippen LogP contribution in [-0.4, -0.2) is 41.3 Å². The highest BCUT2D eigenvalue weighted by Gasteiger charge is 2.36. The highest BCUT2D eigenvalue weighted by atomic mass is 35.5. The molecule has 7 nitrogen and oxygen atoms in total. The number of halogens is 3. The molecule has 0 spiro atoms. The number of carbonyl (C=O) groups excluding carboxylic acids is 1. The summed E-state index contributed by atoms with van der Waals surface area (Å²) in [5, 5.41) is 1.34. The molecule has 4 aromatic carbocycles. The van der Waals surface area contributed by atoms with Gasteiger partial charge in [0.05, 0.1) is 21.5 Å². The van der Waals surface area contributed by atoms with Gasteiger partial charge in [-0.15, -0.1) is 0 Å². The Kier molecular flexibility index (Phi) is 8.13. The van der Waals surface area contributed by atoms with Crippen LogP contribution >= 0.6 is 23.2 Å². The zero-order valence-corrected chi connectivity index (χ0v) is 27.1. The van der Waals surface area contributed by atoms with E-state index in [4.69, 9.17) is 33.9 Å². The van der Waals surface area contributed by atoms with Crippen molar-refractivity contribution in [2.75, 3.05) is 13.1 Å². The van der Waals surface area contributed by atoms with Crippen molar-refractivity contribution in [2.24, 2.45) is 5.73 Å². The molecule has 0 unspecified atom stereocenters. The molecule has 0 bridgehead atoms. The number of amides is 1. The molecule has 2 N–H and O–H groups in total. The Labute approximate surface area is 276 Å². The van der Waals surface area contributed by atoms with Crippen LogP contribution in [0.2, 0.25) is 10.0 Å². The third kappa shape index (κ3) is 5.81. The van der Waals surface area contributed by atoms with E-state index in [2.05, 4.69) is 22.8 Å². The molecular formula is C35H31Cl2FN4O3S. The first-order valence-corrected chi connectivity index (χ1v) is 17.4. The molecule has 1 aliphatic carbocycles. The number of carbonyl (C=O) groups is 1. The number of imidazole rings is 1. The minimum Gasteiger partial charge on any atom is -0.366 e. The van der Waals surface area contributed by atoms with Gasteiger partial charge in [-0.3, -0.25) is 4.79 Å². The van der Waals surface area contributed by atoms with Crippen LogP contribution in [0, 0.1) is 5.82 Å². The van der Waals surface area contributed by atoms with Crippen LogP contribution in [0.1, 0.15) is 76.4 Å². The number of nitrogens with two attached hydrogens (primary N) is 1. The first-order valence-electron chi connectivity index (χ1n) is 15.2. The molecule has 7 rings (SSSR count). The molecule has 1 saturated carbocycles. The van der Waals surface area contributed by atoms with Gasteiger partial charge >= 0.3 is 0 Å². The number of nitrogens with zero attached hydrogens (tertiary/aromatic N) is 3. The summed E-state index contributed by atoms with van der Waals surface area (Å²) in [4.78, 5) is 16.3. The van der Waals surface area contributed by atoms with Gasteiger partial charge in [-0.1, -0.05) is 53.5 Å². The van der Waals surface area contributed by atoms with Crippen LogP contribution < -0.4 is 5.73 Å². The summed E-state index contributed by atoms with van der Waals surface area (Å²) < 4.78 is 45.1. The minimum atomic E-state index is -3.96. The van der Waals surface area contributed by atoms with Crippen molar-refractivity contribution in [3.05, 3.63) is 129 Å². The molecule has 11 heteroatoms. The van der Waals surface area contributed by atoms with Crippen LogP contribution in [0.3, 0.4) is 0 Å². The van der Waals surface area contributed by atoms with Gasteiger partial charge in [0.25, 0.3) is 5.91 Å². The number of hydrogen-bond acceptors (Lipinski definition) is 4. The summed E-state index contributed by atoms with van der Waals surface area (Å²) in [7, 11) is -3.96. The SMILES string of the molecule is NC(=O)c1ccc(S(=O)(=O)N2CCC(n3c(C4CC4)nc4ccc(C(c5ccc(Cl)cc5)c5ccc(Cl)cc5)cc43)CC2)cc1F. The second kappa shape index (κ2) is 12.1. The Morgan fingerprint density at radius 1 is 0.826 bits per heavy atom. The number of rotatable bonds is 8. The van der Waals surface area contributed by atoms with E-state index in [1.807, 2.05) is 48.5 Å². The molecule has 236 valence electrons. The van der Waals surface area contributed by atoms with Gasteiger partial charge in [-0.2, -0.15) is 4.31 Å². The number of sulfonamides is 1. The topological polar surface area (TPSA) is 98.3 Å². The van der Waals surface area contributed by atoms with E-state index in [1.165, 1.54) is 10.4 Å². The fourth-order valence-corrected chi connectivity index (χ4v) is 8.29. The summed E-state index contributed by atoms with van der Waals surface area (Å²) in [5.74, 6) is -0.536. The van der Waals surface area contributed by atoms with E-state index in [1.54, 1.807) is 0 Å². The maximum Gasteiger partial charge on any atom is 0.251 e. The molecule has 1 amide bonds. The monoisotopic (exact) mass is 676 g/mol. The summed E-state index contributed by atoms with van der Waals surface area (Å²) in [6.45, 7) is 0.543. The van der Waals surface area contributed by atoms with Gasteiger partial charge in [-0.25, -0.2) is 17.8 Å². The molecule has 1 aromatic heterocycles. The quantitative estimate of drug-likeness (QED) is 0.171. The molecule has 46 heavy (non-hydrogen) atoms. The highest BCUT2D eigenvalue weighted by molar-refractivity contribution is 7.89. The van der Waals surface area contributed by atoms with Crippen LogP contribution in [0.5, 0.6) is 0 Å². The number of aromatic nitrogens is 2. The normalized spacial score (nSPS) is 16.3. The fourth-order valence-electron chi connectivity index (χ4n) is 6.56. The van der Waals surface area contributed by atoms with Crippen molar-refractivity contribution >= 4 is 50.2 Å². The molecule has 2 heterocycles.